The molecule has 0 bridgehead atoms. The second kappa shape index (κ2) is 16.4. The van der Waals surface area contributed by atoms with E-state index in [2.05, 4.69) is 29.4 Å². The predicted molar refractivity (Wildman–Crippen MR) is 114 cm³/mol. The van der Waals surface area contributed by atoms with Crippen molar-refractivity contribution >= 4 is 29.9 Å². The molecule has 144 valence electrons. The van der Waals surface area contributed by atoms with Crippen LogP contribution >= 0.6 is 24.0 Å². The molecule has 1 rings (SSSR count). The standard InChI is InChI=1S/C18H38N4O.HI/c1-3-9-17(10-15-23)16-21-18(19-4-2)20-11-14-22-12-7-5-6-8-13-22;/h17,23H,3-16H2,1-2H3,(H2,19,20,21);1H. The van der Waals surface area contributed by atoms with Crippen LogP contribution in [0.3, 0.4) is 0 Å². The van der Waals surface area contributed by atoms with Crippen LogP contribution in [0.1, 0.15) is 58.8 Å². The summed E-state index contributed by atoms with van der Waals surface area (Å²) in [5, 5.41) is 15.9. The molecule has 1 fully saturated rings. The number of aliphatic hydroxyl groups excluding tert-OH is 1. The van der Waals surface area contributed by atoms with E-state index in [9.17, 15) is 0 Å². The van der Waals surface area contributed by atoms with Gasteiger partial charge in [0.15, 0.2) is 5.96 Å². The minimum Gasteiger partial charge on any atom is -0.396 e. The SMILES string of the molecule is CCCC(CCO)CN=C(NCC)NCCN1CCCCCC1.I. The largest absolute Gasteiger partial charge is 0.396 e. The predicted octanol–water partition coefficient (Wildman–Crippen LogP) is 2.83. The summed E-state index contributed by atoms with van der Waals surface area (Å²) in [4.78, 5) is 7.28. The lowest BCUT2D eigenvalue weighted by molar-refractivity contribution is 0.253. The van der Waals surface area contributed by atoms with Gasteiger partial charge >= 0.3 is 0 Å². The molecule has 3 N–H and O–H groups in total. The third-order valence-electron chi connectivity index (χ3n) is 4.51. The zero-order valence-electron chi connectivity index (χ0n) is 15.7. The van der Waals surface area contributed by atoms with Crippen LogP contribution in [0.2, 0.25) is 0 Å². The number of rotatable bonds is 10. The first-order valence-electron chi connectivity index (χ1n) is 9.65. The molecule has 0 amide bonds. The Balaban J connectivity index is 0.00000529. The second-order valence-electron chi connectivity index (χ2n) is 6.57. The first-order valence-corrected chi connectivity index (χ1v) is 9.65. The number of likely N-dealkylation sites (tertiary alicyclic amines) is 1. The number of nitrogens with one attached hydrogen (secondary N) is 2. The van der Waals surface area contributed by atoms with E-state index in [1.807, 2.05) is 0 Å². The first kappa shape index (κ1) is 23.9. The molecule has 1 aliphatic rings. The van der Waals surface area contributed by atoms with Gasteiger partial charge < -0.3 is 20.6 Å². The Bertz CT molecular complexity index is 301. The van der Waals surface area contributed by atoms with Crippen molar-refractivity contribution in [1.29, 1.82) is 0 Å². The number of aliphatic imine (C=N–C) groups is 1. The van der Waals surface area contributed by atoms with E-state index < -0.39 is 0 Å². The molecule has 1 aliphatic heterocycles. The summed E-state index contributed by atoms with van der Waals surface area (Å²) in [5.74, 6) is 1.41. The number of hydrogen-bond acceptors (Lipinski definition) is 3. The van der Waals surface area contributed by atoms with Crippen LogP contribution in [0, 0.1) is 5.92 Å². The molecule has 1 saturated heterocycles. The fourth-order valence-corrected chi connectivity index (χ4v) is 3.17. The summed E-state index contributed by atoms with van der Waals surface area (Å²) < 4.78 is 0. The average Bonchev–Trinajstić information content (AvgIpc) is 2.81. The highest BCUT2D eigenvalue weighted by molar-refractivity contribution is 14.0. The average molecular weight is 454 g/mol. The van der Waals surface area contributed by atoms with E-state index in [4.69, 9.17) is 10.1 Å². The molecule has 6 heteroatoms. The summed E-state index contributed by atoms with van der Waals surface area (Å²) in [6.45, 7) is 10.8. The van der Waals surface area contributed by atoms with E-state index in [0.29, 0.717) is 5.92 Å². The van der Waals surface area contributed by atoms with Gasteiger partial charge in [-0.05, 0) is 51.6 Å². The monoisotopic (exact) mass is 454 g/mol. The van der Waals surface area contributed by atoms with Crippen LogP contribution in [0.15, 0.2) is 4.99 Å². The Morgan fingerprint density at radius 2 is 1.79 bits per heavy atom. The van der Waals surface area contributed by atoms with E-state index >= 15 is 0 Å². The quantitative estimate of drug-likeness (QED) is 0.270. The van der Waals surface area contributed by atoms with Crippen LogP contribution < -0.4 is 10.6 Å². The molecule has 24 heavy (non-hydrogen) atoms. The number of aliphatic hydroxyl groups is 1. The molecule has 0 spiro atoms. The van der Waals surface area contributed by atoms with Gasteiger partial charge in [-0.25, -0.2) is 0 Å². The van der Waals surface area contributed by atoms with Crippen molar-refractivity contribution in [3.8, 4) is 0 Å². The zero-order chi connectivity index (χ0) is 16.8. The highest BCUT2D eigenvalue weighted by Crippen LogP contribution is 2.11. The highest BCUT2D eigenvalue weighted by Gasteiger charge is 2.09. The van der Waals surface area contributed by atoms with Crippen molar-refractivity contribution in [2.45, 2.75) is 58.8 Å². The third kappa shape index (κ3) is 11.5. The van der Waals surface area contributed by atoms with Gasteiger partial charge in [-0.2, -0.15) is 0 Å². The van der Waals surface area contributed by atoms with Gasteiger partial charge in [-0.1, -0.05) is 26.2 Å². The van der Waals surface area contributed by atoms with Crippen LogP contribution in [0.25, 0.3) is 0 Å². The molecule has 0 saturated carbocycles. The van der Waals surface area contributed by atoms with Gasteiger partial charge in [0, 0.05) is 32.8 Å². The van der Waals surface area contributed by atoms with Gasteiger partial charge in [0.05, 0.1) is 0 Å². The molecule has 1 atom stereocenters. The van der Waals surface area contributed by atoms with Gasteiger partial charge in [-0.15, -0.1) is 24.0 Å². The topological polar surface area (TPSA) is 59.9 Å². The maximum absolute atomic E-state index is 9.16. The van der Waals surface area contributed by atoms with E-state index in [1.54, 1.807) is 0 Å². The lowest BCUT2D eigenvalue weighted by Gasteiger charge is -2.21. The van der Waals surface area contributed by atoms with Crippen LogP contribution in [-0.4, -0.2) is 61.8 Å². The van der Waals surface area contributed by atoms with Crippen molar-refractivity contribution in [1.82, 2.24) is 15.5 Å². The fraction of sp³-hybridized carbons (Fsp3) is 0.944. The molecule has 0 aromatic rings. The number of halogens is 1. The Morgan fingerprint density at radius 1 is 1.08 bits per heavy atom. The van der Waals surface area contributed by atoms with Crippen molar-refractivity contribution < 1.29 is 5.11 Å². The normalized spacial score (nSPS) is 17.7. The molecular formula is C18H39IN4O. The Morgan fingerprint density at radius 3 is 2.38 bits per heavy atom. The lowest BCUT2D eigenvalue weighted by Crippen LogP contribution is -2.42. The highest BCUT2D eigenvalue weighted by atomic mass is 127. The van der Waals surface area contributed by atoms with E-state index in [-0.39, 0.29) is 30.6 Å². The number of hydrogen-bond donors (Lipinski definition) is 3. The van der Waals surface area contributed by atoms with Crippen LogP contribution in [0.5, 0.6) is 0 Å². The van der Waals surface area contributed by atoms with Crippen LogP contribution in [0.4, 0.5) is 0 Å². The molecule has 1 unspecified atom stereocenters. The van der Waals surface area contributed by atoms with Crippen molar-refractivity contribution in [2.24, 2.45) is 10.9 Å². The molecule has 5 nitrogen and oxygen atoms in total. The minimum absolute atomic E-state index is 0. The van der Waals surface area contributed by atoms with Gasteiger partial charge in [0.25, 0.3) is 0 Å². The molecule has 0 aliphatic carbocycles. The van der Waals surface area contributed by atoms with E-state index in [1.165, 1.54) is 38.8 Å². The van der Waals surface area contributed by atoms with Gasteiger partial charge in [0.2, 0.25) is 0 Å². The molecule has 1 heterocycles. The molecule has 0 aromatic heterocycles. The molecule has 0 aromatic carbocycles. The fourth-order valence-electron chi connectivity index (χ4n) is 3.17. The van der Waals surface area contributed by atoms with Crippen molar-refractivity contribution in [3.63, 3.8) is 0 Å². The van der Waals surface area contributed by atoms with Crippen LogP contribution in [-0.2, 0) is 0 Å². The Kier molecular flexibility index (Phi) is 16.3. The summed E-state index contributed by atoms with van der Waals surface area (Å²) in [5.41, 5.74) is 0. The summed E-state index contributed by atoms with van der Waals surface area (Å²) in [7, 11) is 0. The summed E-state index contributed by atoms with van der Waals surface area (Å²) in [6.07, 6.45) is 8.60. The first-order chi connectivity index (χ1) is 11.3. The van der Waals surface area contributed by atoms with Crippen molar-refractivity contribution in [3.05, 3.63) is 0 Å². The second-order valence-corrected chi connectivity index (χ2v) is 6.57. The van der Waals surface area contributed by atoms with E-state index in [0.717, 1.165) is 51.4 Å². The van der Waals surface area contributed by atoms with Gasteiger partial charge in [0.1, 0.15) is 0 Å². The maximum atomic E-state index is 9.16. The van der Waals surface area contributed by atoms with Gasteiger partial charge in [-0.3, -0.25) is 4.99 Å². The maximum Gasteiger partial charge on any atom is 0.191 e. The number of guanidine groups is 1. The minimum atomic E-state index is 0. The summed E-state index contributed by atoms with van der Waals surface area (Å²) >= 11 is 0. The third-order valence-corrected chi connectivity index (χ3v) is 4.51. The van der Waals surface area contributed by atoms with Crippen molar-refractivity contribution in [2.75, 3.05) is 45.9 Å². The molecule has 0 radical (unpaired) electrons. The zero-order valence-corrected chi connectivity index (χ0v) is 18.1. The smallest absolute Gasteiger partial charge is 0.191 e. The number of nitrogens with zero attached hydrogens (tertiary/aromatic N) is 2. The lowest BCUT2D eigenvalue weighted by atomic mass is 10.0. The Labute approximate surface area is 166 Å². The molecular weight excluding hydrogens is 415 g/mol. The Hall–Kier alpha value is -0.0800. The summed E-state index contributed by atoms with van der Waals surface area (Å²) in [6, 6.07) is 0.